The van der Waals surface area contributed by atoms with Crippen molar-refractivity contribution in [2.45, 2.75) is 13.3 Å². The second kappa shape index (κ2) is 5.89. The maximum Gasteiger partial charge on any atom is 0.228 e. The lowest BCUT2D eigenvalue weighted by atomic mass is 10.1. The summed E-state index contributed by atoms with van der Waals surface area (Å²) in [5.41, 5.74) is 2.23. The maximum atomic E-state index is 12.0. The summed E-state index contributed by atoms with van der Waals surface area (Å²) in [7, 11) is 0. The van der Waals surface area contributed by atoms with Crippen LogP contribution in [0.5, 0.6) is 5.75 Å². The minimum atomic E-state index is -0.150. The topological polar surface area (TPSA) is 49.3 Å². The quantitative estimate of drug-likeness (QED) is 0.848. The molecule has 2 rings (SSSR count). The number of nitrogens with one attached hydrogen (secondary N) is 1. The normalized spacial score (nSPS) is 10.2. The lowest BCUT2D eigenvalue weighted by Crippen LogP contribution is -2.15. The highest BCUT2D eigenvalue weighted by Gasteiger charge is 2.09. The number of aryl methyl sites for hydroxylation is 1. The van der Waals surface area contributed by atoms with E-state index in [0.29, 0.717) is 5.69 Å². The number of anilines is 1. The van der Waals surface area contributed by atoms with Crippen LogP contribution in [0, 0.1) is 6.92 Å². The van der Waals surface area contributed by atoms with E-state index in [1.807, 2.05) is 37.3 Å². The third kappa shape index (κ3) is 3.58. The van der Waals surface area contributed by atoms with E-state index in [4.69, 9.17) is 0 Å². The predicted molar refractivity (Wildman–Crippen MR) is 79.3 cm³/mol. The van der Waals surface area contributed by atoms with Crippen LogP contribution in [0.3, 0.4) is 0 Å². The third-order valence-electron chi connectivity index (χ3n) is 2.77. The molecule has 98 valence electrons. The molecule has 1 amide bonds. The minimum absolute atomic E-state index is 0.0857. The van der Waals surface area contributed by atoms with Gasteiger partial charge >= 0.3 is 0 Å². The van der Waals surface area contributed by atoms with Crippen LogP contribution in [-0.2, 0) is 11.2 Å². The highest BCUT2D eigenvalue weighted by molar-refractivity contribution is 9.10. The molecule has 0 aromatic heterocycles. The molecule has 2 aromatic rings. The molecular weight excluding hydrogens is 306 g/mol. The average Bonchev–Trinajstić information content (AvgIpc) is 2.34. The van der Waals surface area contributed by atoms with Crippen molar-refractivity contribution >= 4 is 27.5 Å². The number of amides is 1. The molecule has 0 aliphatic heterocycles. The lowest BCUT2D eigenvalue weighted by Gasteiger charge is -2.10. The zero-order chi connectivity index (χ0) is 13.8. The van der Waals surface area contributed by atoms with Gasteiger partial charge in [0.1, 0.15) is 5.75 Å². The van der Waals surface area contributed by atoms with E-state index < -0.39 is 0 Å². The fraction of sp³-hybridized carbons (Fsp3) is 0.133. The van der Waals surface area contributed by atoms with Gasteiger partial charge in [0.2, 0.25) is 5.91 Å². The molecule has 0 atom stereocenters. The van der Waals surface area contributed by atoms with Crippen LogP contribution in [0.2, 0.25) is 0 Å². The van der Waals surface area contributed by atoms with E-state index in [1.165, 1.54) is 0 Å². The Bertz CT molecular complexity index is 591. The van der Waals surface area contributed by atoms with Crippen LogP contribution in [0.25, 0.3) is 0 Å². The van der Waals surface area contributed by atoms with Gasteiger partial charge in [-0.05, 0) is 36.2 Å². The molecule has 0 saturated heterocycles. The predicted octanol–water partition coefficient (Wildman–Crippen LogP) is 3.64. The highest BCUT2D eigenvalue weighted by atomic mass is 79.9. The Morgan fingerprint density at radius 1 is 1.26 bits per heavy atom. The highest BCUT2D eigenvalue weighted by Crippen LogP contribution is 2.26. The molecule has 19 heavy (non-hydrogen) atoms. The number of benzene rings is 2. The van der Waals surface area contributed by atoms with E-state index >= 15 is 0 Å². The van der Waals surface area contributed by atoms with Crippen molar-refractivity contribution in [3.8, 4) is 5.75 Å². The standard InChI is InChI=1S/C15H14BrNO2/c1-10-4-2-7-13(18)15(10)17-14(19)9-11-5-3-6-12(16)8-11/h2-8,18H,9H2,1H3,(H,17,19). The van der Waals surface area contributed by atoms with Gasteiger partial charge in [-0.3, -0.25) is 4.79 Å². The number of aromatic hydroxyl groups is 1. The van der Waals surface area contributed by atoms with Crippen molar-refractivity contribution in [2.24, 2.45) is 0 Å². The van der Waals surface area contributed by atoms with Crippen LogP contribution in [0.15, 0.2) is 46.9 Å². The largest absolute Gasteiger partial charge is 0.506 e. The number of hydrogen-bond donors (Lipinski definition) is 2. The molecule has 0 heterocycles. The zero-order valence-electron chi connectivity index (χ0n) is 10.5. The van der Waals surface area contributed by atoms with Crippen molar-refractivity contribution in [1.29, 1.82) is 0 Å². The molecule has 4 heteroatoms. The molecule has 0 fully saturated rings. The Morgan fingerprint density at radius 2 is 2.00 bits per heavy atom. The summed E-state index contributed by atoms with van der Waals surface area (Å²) in [6.45, 7) is 1.84. The van der Waals surface area contributed by atoms with Gasteiger partial charge in [-0.25, -0.2) is 0 Å². The van der Waals surface area contributed by atoms with Crippen molar-refractivity contribution in [3.63, 3.8) is 0 Å². The van der Waals surface area contributed by atoms with Gasteiger partial charge in [-0.15, -0.1) is 0 Å². The molecule has 0 aliphatic rings. The Morgan fingerprint density at radius 3 is 2.68 bits per heavy atom. The van der Waals surface area contributed by atoms with Crippen molar-refractivity contribution in [3.05, 3.63) is 58.1 Å². The van der Waals surface area contributed by atoms with Crippen molar-refractivity contribution < 1.29 is 9.90 Å². The monoisotopic (exact) mass is 319 g/mol. The summed E-state index contributed by atoms with van der Waals surface area (Å²) >= 11 is 3.37. The fourth-order valence-corrected chi connectivity index (χ4v) is 2.28. The summed E-state index contributed by atoms with van der Waals surface area (Å²) in [5.74, 6) is -0.0645. The number of para-hydroxylation sites is 1. The van der Waals surface area contributed by atoms with Crippen LogP contribution < -0.4 is 5.32 Å². The number of carbonyl (C=O) groups is 1. The summed E-state index contributed by atoms with van der Waals surface area (Å²) in [5, 5.41) is 12.5. The second-order valence-corrected chi connectivity index (χ2v) is 5.24. The Kier molecular flexibility index (Phi) is 4.22. The van der Waals surface area contributed by atoms with E-state index in [1.54, 1.807) is 12.1 Å². The number of carbonyl (C=O) groups excluding carboxylic acids is 1. The fourth-order valence-electron chi connectivity index (χ4n) is 1.83. The first-order valence-electron chi connectivity index (χ1n) is 5.89. The molecule has 2 aromatic carbocycles. The van der Waals surface area contributed by atoms with Gasteiger partial charge in [-0.2, -0.15) is 0 Å². The maximum absolute atomic E-state index is 12.0. The first kappa shape index (κ1) is 13.6. The van der Waals surface area contributed by atoms with Gasteiger partial charge in [0.05, 0.1) is 12.1 Å². The SMILES string of the molecule is Cc1cccc(O)c1NC(=O)Cc1cccc(Br)c1. The van der Waals surface area contributed by atoms with E-state index in [2.05, 4.69) is 21.2 Å². The third-order valence-corrected chi connectivity index (χ3v) is 3.26. The van der Waals surface area contributed by atoms with Gasteiger partial charge in [0.25, 0.3) is 0 Å². The molecule has 0 spiro atoms. The first-order valence-corrected chi connectivity index (χ1v) is 6.68. The van der Waals surface area contributed by atoms with Crippen LogP contribution in [0.4, 0.5) is 5.69 Å². The van der Waals surface area contributed by atoms with Gasteiger partial charge in [0, 0.05) is 4.47 Å². The molecule has 0 bridgehead atoms. The van der Waals surface area contributed by atoms with Crippen molar-refractivity contribution in [1.82, 2.24) is 0 Å². The van der Waals surface area contributed by atoms with Crippen LogP contribution in [0.1, 0.15) is 11.1 Å². The average molecular weight is 320 g/mol. The summed E-state index contributed by atoms with van der Waals surface area (Å²) in [4.78, 5) is 12.0. The molecule has 0 aliphatic carbocycles. The number of rotatable bonds is 3. The molecule has 0 radical (unpaired) electrons. The molecule has 3 nitrogen and oxygen atoms in total. The minimum Gasteiger partial charge on any atom is -0.506 e. The number of hydrogen-bond acceptors (Lipinski definition) is 2. The van der Waals surface area contributed by atoms with Crippen LogP contribution >= 0.6 is 15.9 Å². The summed E-state index contributed by atoms with van der Waals surface area (Å²) in [6.07, 6.45) is 0.271. The molecule has 0 saturated carbocycles. The van der Waals surface area contributed by atoms with Crippen molar-refractivity contribution in [2.75, 3.05) is 5.32 Å². The van der Waals surface area contributed by atoms with E-state index in [9.17, 15) is 9.90 Å². The Balaban J connectivity index is 2.10. The molecular formula is C15H14BrNO2. The number of halogens is 1. The Labute approximate surface area is 120 Å². The lowest BCUT2D eigenvalue weighted by molar-refractivity contribution is -0.115. The second-order valence-electron chi connectivity index (χ2n) is 4.32. The van der Waals surface area contributed by atoms with Gasteiger partial charge in [0.15, 0.2) is 0 Å². The number of phenols is 1. The van der Waals surface area contributed by atoms with Crippen LogP contribution in [-0.4, -0.2) is 11.0 Å². The Hall–Kier alpha value is -1.81. The van der Waals surface area contributed by atoms with Gasteiger partial charge < -0.3 is 10.4 Å². The zero-order valence-corrected chi connectivity index (χ0v) is 12.1. The molecule has 2 N–H and O–H groups in total. The van der Waals surface area contributed by atoms with E-state index in [-0.39, 0.29) is 18.1 Å². The summed E-state index contributed by atoms with van der Waals surface area (Å²) in [6, 6.07) is 12.7. The smallest absolute Gasteiger partial charge is 0.228 e. The first-order chi connectivity index (χ1) is 9.06. The number of phenolic OH excluding ortho intramolecular Hbond substituents is 1. The summed E-state index contributed by atoms with van der Waals surface area (Å²) < 4.78 is 0.941. The van der Waals surface area contributed by atoms with Gasteiger partial charge in [-0.1, -0.05) is 40.2 Å². The molecule has 0 unspecified atom stereocenters. The van der Waals surface area contributed by atoms with E-state index in [0.717, 1.165) is 15.6 Å².